The molecule has 0 fully saturated rings. The molecule has 0 heterocycles. The summed E-state index contributed by atoms with van der Waals surface area (Å²) in [6.07, 6.45) is 1.37. The van der Waals surface area contributed by atoms with Crippen molar-refractivity contribution in [1.29, 1.82) is 0 Å². The summed E-state index contributed by atoms with van der Waals surface area (Å²) < 4.78 is 5.24. The molecule has 0 saturated heterocycles. The van der Waals surface area contributed by atoms with Crippen LogP contribution >= 0.6 is 0 Å². The second kappa shape index (κ2) is 8.87. The molecule has 0 aliphatic heterocycles. The van der Waals surface area contributed by atoms with Gasteiger partial charge < -0.3 is 15.2 Å². The van der Waals surface area contributed by atoms with Crippen molar-refractivity contribution in [2.24, 2.45) is 0 Å². The molecule has 5 nitrogen and oxygen atoms in total. The highest BCUT2D eigenvalue weighted by Gasteiger charge is 2.11. The number of hydrogen-bond acceptors (Lipinski definition) is 3. The van der Waals surface area contributed by atoms with Gasteiger partial charge in [-0.3, -0.25) is 9.59 Å². The molecular weight excluding hydrogens is 318 g/mol. The van der Waals surface area contributed by atoms with Crippen molar-refractivity contribution in [3.05, 3.63) is 64.7 Å². The van der Waals surface area contributed by atoms with Crippen LogP contribution in [0.3, 0.4) is 0 Å². The van der Waals surface area contributed by atoms with Crippen molar-refractivity contribution in [2.45, 2.75) is 26.2 Å². The Hall–Kier alpha value is -2.82. The Morgan fingerprint density at radius 2 is 1.68 bits per heavy atom. The number of aryl methyl sites for hydroxylation is 2. The highest BCUT2D eigenvalue weighted by atomic mass is 16.5. The van der Waals surface area contributed by atoms with Gasteiger partial charge in [0.2, 0.25) is 0 Å². The van der Waals surface area contributed by atoms with Gasteiger partial charge >= 0.3 is 5.97 Å². The molecule has 0 spiro atoms. The van der Waals surface area contributed by atoms with Crippen LogP contribution in [-0.2, 0) is 17.6 Å². The van der Waals surface area contributed by atoms with E-state index >= 15 is 0 Å². The molecule has 5 heteroatoms. The summed E-state index contributed by atoms with van der Waals surface area (Å²) in [5.41, 5.74) is 3.63. The van der Waals surface area contributed by atoms with Crippen molar-refractivity contribution in [2.75, 3.05) is 13.7 Å². The third kappa shape index (κ3) is 5.64. The van der Waals surface area contributed by atoms with Crippen LogP contribution in [0.5, 0.6) is 5.75 Å². The Balaban J connectivity index is 1.87. The Kier molecular flexibility index (Phi) is 6.57. The van der Waals surface area contributed by atoms with Crippen LogP contribution in [0.1, 0.15) is 33.5 Å². The normalized spacial score (nSPS) is 10.3. The molecule has 0 aliphatic carbocycles. The number of ether oxygens (including phenoxy) is 1. The summed E-state index contributed by atoms with van der Waals surface area (Å²) in [4.78, 5) is 22.9. The Morgan fingerprint density at radius 3 is 2.28 bits per heavy atom. The van der Waals surface area contributed by atoms with Crippen LogP contribution in [-0.4, -0.2) is 30.6 Å². The molecule has 2 N–H and O–H groups in total. The van der Waals surface area contributed by atoms with E-state index in [1.165, 1.54) is 0 Å². The molecule has 2 aromatic carbocycles. The number of rotatable bonds is 8. The minimum atomic E-state index is -0.793. The van der Waals surface area contributed by atoms with Crippen molar-refractivity contribution >= 4 is 11.9 Å². The zero-order valence-corrected chi connectivity index (χ0v) is 14.5. The number of hydrogen-bond donors (Lipinski definition) is 2. The highest BCUT2D eigenvalue weighted by Crippen LogP contribution is 2.19. The smallest absolute Gasteiger partial charge is 0.303 e. The standard InChI is InChI=1S/C20H23NO4/c1-14-3-9-18(25-2)17(13-14)20(24)21-12-11-16-6-4-15(5-7-16)8-10-19(22)23/h3-7,9,13H,8,10-12H2,1-2H3,(H,21,24)(H,22,23). The van der Waals surface area contributed by atoms with E-state index in [1.807, 2.05) is 43.3 Å². The summed E-state index contributed by atoms with van der Waals surface area (Å²) in [5.74, 6) is -0.386. The third-order valence-corrected chi connectivity index (χ3v) is 3.95. The van der Waals surface area contributed by atoms with E-state index in [1.54, 1.807) is 13.2 Å². The van der Waals surface area contributed by atoms with Crippen LogP contribution in [0.15, 0.2) is 42.5 Å². The highest BCUT2D eigenvalue weighted by molar-refractivity contribution is 5.97. The Labute approximate surface area is 147 Å². The van der Waals surface area contributed by atoms with Gasteiger partial charge in [0, 0.05) is 13.0 Å². The van der Waals surface area contributed by atoms with Crippen molar-refractivity contribution in [3.8, 4) is 5.75 Å². The summed E-state index contributed by atoms with van der Waals surface area (Å²) in [6, 6.07) is 13.3. The summed E-state index contributed by atoms with van der Waals surface area (Å²) in [7, 11) is 1.55. The number of carbonyl (C=O) groups excluding carboxylic acids is 1. The molecule has 0 aromatic heterocycles. The summed E-state index contributed by atoms with van der Waals surface area (Å²) in [5, 5.41) is 11.6. The minimum absolute atomic E-state index is 0.133. The first-order valence-electron chi connectivity index (χ1n) is 8.22. The molecule has 0 atom stereocenters. The van der Waals surface area contributed by atoms with Crippen molar-refractivity contribution < 1.29 is 19.4 Å². The molecule has 1 amide bonds. The summed E-state index contributed by atoms with van der Waals surface area (Å²) in [6.45, 7) is 2.45. The quantitative estimate of drug-likeness (QED) is 0.774. The van der Waals surface area contributed by atoms with E-state index in [-0.39, 0.29) is 12.3 Å². The Morgan fingerprint density at radius 1 is 1.04 bits per heavy atom. The lowest BCUT2D eigenvalue weighted by molar-refractivity contribution is -0.136. The molecular formula is C20H23NO4. The second-order valence-corrected chi connectivity index (χ2v) is 5.92. The average molecular weight is 341 g/mol. The number of methoxy groups -OCH3 is 1. The topological polar surface area (TPSA) is 75.6 Å². The number of nitrogens with one attached hydrogen (secondary N) is 1. The van der Waals surface area contributed by atoms with E-state index in [2.05, 4.69) is 5.32 Å². The predicted octanol–water partition coefficient (Wildman–Crippen LogP) is 2.99. The number of benzene rings is 2. The maximum Gasteiger partial charge on any atom is 0.303 e. The summed E-state index contributed by atoms with van der Waals surface area (Å²) >= 11 is 0. The largest absolute Gasteiger partial charge is 0.496 e. The van der Waals surface area contributed by atoms with Gasteiger partial charge in [0.05, 0.1) is 12.7 Å². The van der Waals surface area contributed by atoms with Crippen LogP contribution in [0.2, 0.25) is 0 Å². The van der Waals surface area contributed by atoms with Gasteiger partial charge in [0.25, 0.3) is 5.91 Å². The minimum Gasteiger partial charge on any atom is -0.496 e. The maximum absolute atomic E-state index is 12.3. The lowest BCUT2D eigenvalue weighted by Gasteiger charge is -2.10. The number of carboxylic acid groups (broad SMARTS) is 1. The van der Waals surface area contributed by atoms with E-state index in [0.717, 1.165) is 16.7 Å². The van der Waals surface area contributed by atoms with Crippen LogP contribution in [0.4, 0.5) is 0 Å². The molecule has 0 aliphatic rings. The zero-order chi connectivity index (χ0) is 18.2. The monoisotopic (exact) mass is 341 g/mol. The Bertz CT molecular complexity index is 738. The molecule has 25 heavy (non-hydrogen) atoms. The van der Waals surface area contributed by atoms with Gasteiger partial charge in [-0.25, -0.2) is 0 Å². The van der Waals surface area contributed by atoms with Gasteiger partial charge in [0.1, 0.15) is 5.75 Å². The van der Waals surface area contributed by atoms with Crippen molar-refractivity contribution in [3.63, 3.8) is 0 Å². The number of aliphatic carboxylic acids is 1. The van der Waals surface area contributed by atoms with Gasteiger partial charge in [-0.05, 0) is 43.0 Å². The SMILES string of the molecule is COc1ccc(C)cc1C(=O)NCCc1ccc(CCC(=O)O)cc1. The van der Waals surface area contributed by atoms with E-state index in [9.17, 15) is 9.59 Å². The third-order valence-electron chi connectivity index (χ3n) is 3.95. The zero-order valence-electron chi connectivity index (χ0n) is 14.5. The molecule has 2 rings (SSSR count). The number of carbonyl (C=O) groups is 2. The first kappa shape index (κ1) is 18.5. The van der Waals surface area contributed by atoms with E-state index in [0.29, 0.717) is 30.7 Å². The molecule has 0 saturated carbocycles. The first-order chi connectivity index (χ1) is 12.0. The second-order valence-electron chi connectivity index (χ2n) is 5.92. The van der Waals surface area contributed by atoms with Gasteiger partial charge in [-0.1, -0.05) is 35.9 Å². The number of amides is 1. The first-order valence-corrected chi connectivity index (χ1v) is 8.22. The van der Waals surface area contributed by atoms with Crippen LogP contribution < -0.4 is 10.1 Å². The van der Waals surface area contributed by atoms with E-state index in [4.69, 9.17) is 9.84 Å². The lowest BCUT2D eigenvalue weighted by Crippen LogP contribution is -2.26. The van der Waals surface area contributed by atoms with Gasteiger partial charge in [0.15, 0.2) is 0 Å². The van der Waals surface area contributed by atoms with Gasteiger partial charge in [-0.15, -0.1) is 0 Å². The predicted molar refractivity (Wildman–Crippen MR) is 96.2 cm³/mol. The fraction of sp³-hybridized carbons (Fsp3) is 0.300. The fourth-order valence-corrected chi connectivity index (χ4v) is 2.54. The molecule has 0 radical (unpaired) electrons. The maximum atomic E-state index is 12.3. The molecule has 0 bridgehead atoms. The molecule has 132 valence electrons. The lowest BCUT2D eigenvalue weighted by atomic mass is 10.1. The van der Waals surface area contributed by atoms with Crippen LogP contribution in [0, 0.1) is 6.92 Å². The number of carboxylic acids is 1. The fourth-order valence-electron chi connectivity index (χ4n) is 2.54. The van der Waals surface area contributed by atoms with E-state index < -0.39 is 5.97 Å². The average Bonchev–Trinajstić information content (AvgIpc) is 2.60. The molecule has 0 unspecified atom stereocenters. The van der Waals surface area contributed by atoms with Gasteiger partial charge in [-0.2, -0.15) is 0 Å². The van der Waals surface area contributed by atoms with Crippen LogP contribution in [0.25, 0.3) is 0 Å². The van der Waals surface area contributed by atoms with Crippen molar-refractivity contribution in [1.82, 2.24) is 5.32 Å². The molecule has 2 aromatic rings.